The largest absolute Gasteiger partial charge is 0.374 e. The summed E-state index contributed by atoms with van der Waals surface area (Å²) in [6.07, 6.45) is 5.11. The molecule has 1 aliphatic heterocycles. The second-order valence-electron chi connectivity index (χ2n) is 7.07. The first-order chi connectivity index (χ1) is 14.7. The first kappa shape index (κ1) is 20.9. The molecule has 2 aromatic heterocycles. The summed E-state index contributed by atoms with van der Waals surface area (Å²) in [5, 5.41) is 6.36. The molecule has 3 aromatic rings. The van der Waals surface area contributed by atoms with Gasteiger partial charge in [-0.15, -0.1) is 11.3 Å². The molecule has 0 spiro atoms. The number of nitrogens with zero attached hydrogens (tertiary/aromatic N) is 4. The van der Waals surface area contributed by atoms with Gasteiger partial charge in [-0.3, -0.25) is 19.7 Å². The molecule has 3 heterocycles. The van der Waals surface area contributed by atoms with Gasteiger partial charge in [-0.05, 0) is 17.7 Å². The van der Waals surface area contributed by atoms with E-state index in [0.717, 1.165) is 35.4 Å². The van der Waals surface area contributed by atoms with Gasteiger partial charge in [-0.2, -0.15) is 0 Å². The number of hydrogen-bond donors (Lipinski definition) is 1. The second-order valence-corrected chi connectivity index (χ2v) is 8.37. The summed E-state index contributed by atoms with van der Waals surface area (Å²) in [5.41, 5.74) is 2.62. The third-order valence-electron chi connectivity index (χ3n) is 4.72. The number of carbonyl (C=O) groups excluding carboxylic acids is 1. The van der Waals surface area contributed by atoms with Crippen molar-refractivity contribution < 1.29 is 9.53 Å². The highest BCUT2D eigenvalue weighted by Gasteiger charge is 2.21. The van der Waals surface area contributed by atoms with E-state index >= 15 is 0 Å². The molecule has 1 amide bonds. The van der Waals surface area contributed by atoms with Gasteiger partial charge in [0, 0.05) is 49.0 Å². The standard InChI is InChI=1S/C21H22ClN5O2S/c22-16-3-1-2-15(8-16)12-27-6-7-29-18(13-27)10-25-20(28)9-17-14-30-21(26-17)19-11-23-4-5-24-19/h1-5,8,11,14,18H,6-7,9-10,12-13H2,(H,25,28). The SMILES string of the molecule is O=C(Cc1csc(-c2cnccn2)n1)NCC1CN(Cc2cccc(Cl)c2)CCO1. The predicted molar refractivity (Wildman–Crippen MR) is 116 cm³/mol. The molecule has 1 fully saturated rings. The molecule has 0 saturated carbocycles. The molecule has 1 saturated heterocycles. The predicted octanol–water partition coefficient (Wildman–Crippen LogP) is 2.81. The van der Waals surface area contributed by atoms with Crippen molar-refractivity contribution in [1.29, 1.82) is 0 Å². The Morgan fingerprint density at radius 1 is 1.37 bits per heavy atom. The van der Waals surface area contributed by atoms with E-state index in [-0.39, 0.29) is 18.4 Å². The molecular formula is C21H22ClN5O2S. The van der Waals surface area contributed by atoms with Gasteiger partial charge in [0.1, 0.15) is 10.7 Å². The summed E-state index contributed by atoms with van der Waals surface area (Å²) in [5.74, 6) is -0.0680. The summed E-state index contributed by atoms with van der Waals surface area (Å²) in [7, 11) is 0. The van der Waals surface area contributed by atoms with Crippen LogP contribution < -0.4 is 5.32 Å². The van der Waals surface area contributed by atoms with Crippen LogP contribution in [0.3, 0.4) is 0 Å². The highest BCUT2D eigenvalue weighted by molar-refractivity contribution is 7.13. The van der Waals surface area contributed by atoms with Crippen LogP contribution in [-0.2, 0) is 22.5 Å². The van der Waals surface area contributed by atoms with E-state index in [1.165, 1.54) is 16.9 Å². The minimum Gasteiger partial charge on any atom is -0.374 e. The van der Waals surface area contributed by atoms with Crippen LogP contribution in [0.25, 0.3) is 10.7 Å². The fourth-order valence-electron chi connectivity index (χ4n) is 3.31. The third-order valence-corrected chi connectivity index (χ3v) is 5.87. The van der Waals surface area contributed by atoms with Crippen molar-refractivity contribution in [3.05, 3.63) is 64.5 Å². The van der Waals surface area contributed by atoms with E-state index in [1.807, 2.05) is 23.6 Å². The lowest BCUT2D eigenvalue weighted by Gasteiger charge is -2.33. The number of benzene rings is 1. The summed E-state index contributed by atoms with van der Waals surface area (Å²) in [6, 6.07) is 7.89. The zero-order valence-electron chi connectivity index (χ0n) is 16.3. The number of ether oxygens (including phenoxy) is 1. The van der Waals surface area contributed by atoms with Crippen molar-refractivity contribution in [2.75, 3.05) is 26.2 Å². The molecular weight excluding hydrogens is 422 g/mol. The lowest BCUT2D eigenvalue weighted by Crippen LogP contribution is -2.47. The number of nitrogens with one attached hydrogen (secondary N) is 1. The average Bonchev–Trinajstić information content (AvgIpc) is 3.22. The molecule has 1 atom stereocenters. The van der Waals surface area contributed by atoms with Crippen molar-refractivity contribution in [3.8, 4) is 10.7 Å². The number of carbonyl (C=O) groups is 1. The minimum absolute atomic E-state index is 0.0347. The van der Waals surface area contributed by atoms with Gasteiger partial charge in [0.05, 0.1) is 31.0 Å². The van der Waals surface area contributed by atoms with Crippen LogP contribution in [0.4, 0.5) is 0 Å². The van der Waals surface area contributed by atoms with Crippen LogP contribution >= 0.6 is 22.9 Å². The van der Waals surface area contributed by atoms with Crippen molar-refractivity contribution in [3.63, 3.8) is 0 Å². The molecule has 30 heavy (non-hydrogen) atoms. The monoisotopic (exact) mass is 443 g/mol. The van der Waals surface area contributed by atoms with E-state index < -0.39 is 0 Å². The fourth-order valence-corrected chi connectivity index (χ4v) is 4.30. The lowest BCUT2D eigenvalue weighted by molar-refractivity contribution is -0.121. The number of hydrogen-bond acceptors (Lipinski definition) is 7. The molecule has 0 aliphatic carbocycles. The Kier molecular flexibility index (Phi) is 7.01. The minimum atomic E-state index is -0.0680. The van der Waals surface area contributed by atoms with Crippen LogP contribution in [0.2, 0.25) is 5.02 Å². The number of aromatic nitrogens is 3. The number of thiazole rings is 1. The number of amides is 1. The summed E-state index contributed by atoms with van der Waals surface area (Å²) >= 11 is 7.54. The van der Waals surface area contributed by atoms with Crippen molar-refractivity contribution >= 4 is 28.8 Å². The van der Waals surface area contributed by atoms with Gasteiger partial charge < -0.3 is 10.1 Å². The number of halogens is 1. The zero-order chi connectivity index (χ0) is 20.8. The zero-order valence-corrected chi connectivity index (χ0v) is 17.9. The molecule has 1 aliphatic rings. The molecule has 4 rings (SSSR count). The number of rotatable bonds is 7. The topological polar surface area (TPSA) is 80.2 Å². The molecule has 1 aromatic carbocycles. The van der Waals surface area contributed by atoms with Crippen molar-refractivity contribution in [2.45, 2.75) is 19.1 Å². The summed E-state index contributed by atoms with van der Waals surface area (Å²) in [6.45, 7) is 3.57. The van der Waals surface area contributed by atoms with E-state index in [1.54, 1.807) is 18.6 Å². The van der Waals surface area contributed by atoms with Gasteiger partial charge in [-0.25, -0.2) is 4.98 Å². The van der Waals surface area contributed by atoms with Gasteiger partial charge in [-0.1, -0.05) is 23.7 Å². The lowest BCUT2D eigenvalue weighted by atomic mass is 10.2. The molecule has 9 heteroatoms. The smallest absolute Gasteiger partial charge is 0.226 e. The average molecular weight is 444 g/mol. The molecule has 0 bridgehead atoms. The maximum atomic E-state index is 12.4. The summed E-state index contributed by atoms with van der Waals surface area (Å²) in [4.78, 5) is 27.4. The van der Waals surface area contributed by atoms with Gasteiger partial charge >= 0.3 is 0 Å². The first-order valence-corrected chi connectivity index (χ1v) is 11.0. The van der Waals surface area contributed by atoms with Crippen LogP contribution in [-0.4, -0.2) is 58.1 Å². The van der Waals surface area contributed by atoms with Gasteiger partial charge in [0.15, 0.2) is 0 Å². The Hall–Kier alpha value is -2.39. The van der Waals surface area contributed by atoms with E-state index in [9.17, 15) is 4.79 Å². The Bertz CT molecular complexity index is 984. The quantitative estimate of drug-likeness (QED) is 0.604. The maximum absolute atomic E-state index is 12.4. The van der Waals surface area contributed by atoms with Crippen LogP contribution in [0, 0.1) is 0 Å². The maximum Gasteiger partial charge on any atom is 0.226 e. The Morgan fingerprint density at radius 3 is 3.13 bits per heavy atom. The summed E-state index contributed by atoms with van der Waals surface area (Å²) < 4.78 is 5.82. The van der Waals surface area contributed by atoms with E-state index in [4.69, 9.17) is 16.3 Å². The Morgan fingerprint density at radius 2 is 2.30 bits per heavy atom. The van der Waals surface area contributed by atoms with Crippen molar-refractivity contribution in [1.82, 2.24) is 25.2 Å². The fraction of sp³-hybridized carbons (Fsp3) is 0.333. The van der Waals surface area contributed by atoms with Crippen LogP contribution in [0.1, 0.15) is 11.3 Å². The first-order valence-electron chi connectivity index (χ1n) is 9.71. The molecule has 7 nitrogen and oxygen atoms in total. The number of morpholine rings is 1. The third kappa shape index (κ3) is 5.82. The Labute approximate surface area is 184 Å². The second kappa shape index (κ2) is 10.1. The molecule has 1 N–H and O–H groups in total. The van der Waals surface area contributed by atoms with E-state index in [0.29, 0.717) is 18.8 Å². The van der Waals surface area contributed by atoms with Gasteiger partial charge in [0.25, 0.3) is 0 Å². The van der Waals surface area contributed by atoms with Crippen molar-refractivity contribution in [2.24, 2.45) is 0 Å². The Balaban J connectivity index is 1.24. The van der Waals surface area contributed by atoms with Crippen LogP contribution in [0.5, 0.6) is 0 Å². The van der Waals surface area contributed by atoms with E-state index in [2.05, 4.69) is 31.2 Å². The van der Waals surface area contributed by atoms with Crippen LogP contribution in [0.15, 0.2) is 48.2 Å². The molecule has 0 radical (unpaired) electrons. The molecule has 156 valence electrons. The highest BCUT2D eigenvalue weighted by Crippen LogP contribution is 2.21. The molecule has 1 unspecified atom stereocenters. The normalized spacial score (nSPS) is 17.0. The van der Waals surface area contributed by atoms with Gasteiger partial charge in [0.2, 0.25) is 5.91 Å². The highest BCUT2D eigenvalue weighted by atomic mass is 35.5.